The maximum atomic E-state index is 9.75. The summed E-state index contributed by atoms with van der Waals surface area (Å²) in [5.74, 6) is -2.51. The van der Waals surface area contributed by atoms with Crippen LogP contribution in [0.5, 0.6) is 0 Å². The molecule has 0 aromatic carbocycles. The molecule has 0 saturated carbocycles. The molecule has 0 aliphatic heterocycles. The molecule has 0 aliphatic carbocycles. The molecular formula is C10H15BF4N2O4. The third-order valence-corrected chi connectivity index (χ3v) is 1.56. The van der Waals surface area contributed by atoms with Gasteiger partial charge in [-0.3, -0.25) is 0 Å². The van der Waals surface area contributed by atoms with Crippen LogP contribution >= 0.6 is 0 Å². The topological polar surface area (TPSA) is 83.4 Å². The average molecular weight is 314 g/mol. The zero-order valence-electron chi connectivity index (χ0n) is 11.3. The van der Waals surface area contributed by atoms with E-state index in [0.717, 1.165) is 6.54 Å². The first-order chi connectivity index (χ1) is 9.45. The Morgan fingerprint density at radius 1 is 1.19 bits per heavy atom. The van der Waals surface area contributed by atoms with Gasteiger partial charge >= 0.3 is 19.2 Å². The third kappa shape index (κ3) is 23.2. The minimum Gasteiger partial charge on any atom is -0.478 e. The Morgan fingerprint density at radius 3 is 1.71 bits per heavy atom. The lowest BCUT2D eigenvalue weighted by Crippen LogP contribution is -2.28. The van der Waals surface area contributed by atoms with Crippen molar-refractivity contribution in [1.29, 1.82) is 0 Å². The van der Waals surface area contributed by atoms with Gasteiger partial charge in [0.05, 0.1) is 13.6 Å². The van der Waals surface area contributed by atoms with Crippen molar-refractivity contribution in [3.05, 3.63) is 30.9 Å². The van der Waals surface area contributed by atoms with Gasteiger partial charge in [-0.15, -0.1) is 0 Å². The van der Waals surface area contributed by atoms with Crippen molar-refractivity contribution in [1.82, 2.24) is 4.57 Å². The number of imidazole rings is 1. The summed E-state index contributed by atoms with van der Waals surface area (Å²) in [6.07, 6.45) is 7.26. The van der Waals surface area contributed by atoms with Crippen LogP contribution in [0.1, 0.15) is 6.92 Å². The number of halogens is 4. The Labute approximate surface area is 118 Å². The number of aryl methyl sites for hydroxylation is 2. The molecule has 1 aromatic rings. The summed E-state index contributed by atoms with van der Waals surface area (Å²) >= 11 is 0. The minimum atomic E-state index is -6.00. The molecule has 21 heavy (non-hydrogen) atoms. The second-order valence-electron chi connectivity index (χ2n) is 3.41. The van der Waals surface area contributed by atoms with Gasteiger partial charge in [-0.25, -0.2) is 18.7 Å². The Balaban J connectivity index is 0. The Kier molecular flexibility index (Phi) is 10.5. The lowest BCUT2D eigenvalue weighted by molar-refractivity contribution is -0.693. The zero-order valence-corrected chi connectivity index (χ0v) is 11.3. The van der Waals surface area contributed by atoms with Gasteiger partial charge in [-0.1, -0.05) is 0 Å². The quantitative estimate of drug-likeness (QED) is 0.382. The molecule has 2 N–H and O–H groups in total. The molecule has 0 amide bonds. The van der Waals surface area contributed by atoms with Gasteiger partial charge in [0.2, 0.25) is 6.33 Å². The normalized spacial score (nSPS) is 10.2. The maximum Gasteiger partial charge on any atom is 0.673 e. The molecule has 0 fully saturated rings. The highest BCUT2D eigenvalue weighted by atomic mass is 19.5. The van der Waals surface area contributed by atoms with E-state index in [9.17, 15) is 26.9 Å². The molecule has 120 valence electrons. The largest absolute Gasteiger partial charge is 0.673 e. The smallest absolute Gasteiger partial charge is 0.478 e. The Hall–Kier alpha value is -2.33. The summed E-state index contributed by atoms with van der Waals surface area (Å²) in [4.78, 5) is 19.1. The van der Waals surface area contributed by atoms with Gasteiger partial charge in [-0.2, -0.15) is 0 Å². The lowest BCUT2D eigenvalue weighted by atomic mass is 10.3. The fourth-order valence-electron chi connectivity index (χ4n) is 0.831. The molecule has 11 heteroatoms. The van der Waals surface area contributed by atoms with Crippen LogP contribution in [0.25, 0.3) is 0 Å². The first-order valence-corrected chi connectivity index (χ1v) is 5.48. The summed E-state index contributed by atoms with van der Waals surface area (Å²) in [6.45, 7) is 3.18. The van der Waals surface area contributed by atoms with Crippen molar-refractivity contribution in [2.24, 2.45) is 7.05 Å². The van der Waals surface area contributed by atoms with Crippen LogP contribution < -0.4 is 4.57 Å². The number of hydrogen-bond donors (Lipinski definition) is 2. The van der Waals surface area contributed by atoms with E-state index in [0.29, 0.717) is 12.2 Å². The van der Waals surface area contributed by atoms with Crippen molar-refractivity contribution in [2.45, 2.75) is 13.5 Å². The van der Waals surface area contributed by atoms with Crippen molar-refractivity contribution in [3.63, 3.8) is 0 Å². The van der Waals surface area contributed by atoms with Crippen molar-refractivity contribution in [3.8, 4) is 0 Å². The van der Waals surface area contributed by atoms with Gasteiger partial charge < -0.3 is 27.5 Å². The molecule has 0 saturated heterocycles. The number of carbonyl (C=O) groups is 2. The summed E-state index contributed by atoms with van der Waals surface area (Å²) in [7, 11) is -3.98. The first-order valence-electron chi connectivity index (χ1n) is 5.48. The van der Waals surface area contributed by atoms with Crippen molar-refractivity contribution in [2.75, 3.05) is 0 Å². The van der Waals surface area contributed by atoms with Crippen LogP contribution in [-0.2, 0) is 23.2 Å². The number of nitrogens with zero attached hydrogens (tertiary/aromatic N) is 2. The first kappa shape index (κ1) is 21.0. The van der Waals surface area contributed by atoms with Crippen molar-refractivity contribution < 1.29 is 41.6 Å². The zero-order chi connectivity index (χ0) is 17.1. The fourth-order valence-corrected chi connectivity index (χ4v) is 0.831. The van der Waals surface area contributed by atoms with E-state index in [1.807, 2.05) is 17.8 Å². The molecule has 1 aromatic heterocycles. The van der Waals surface area contributed by atoms with Gasteiger partial charge in [0.15, 0.2) is 0 Å². The average Bonchev–Trinajstić information content (AvgIpc) is 2.71. The third-order valence-electron chi connectivity index (χ3n) is 1.56. The number of carboxylic acid groups (broad SMARTS) is 2. The van der Waals surface area contributed by atoms with E-state index >= 15 is 0 Å². The highest BCUT2D eigenvalue weighted by Crippen LogP contribution is 2.06. The summed E-state index contributed by atoms with van der Waals surface area (Å²) in [5, 5.41) is 15.6. The number of aliphatic carboxylic acids is 2. The summed E-state index contributed by atoms with van der Waals surface area (Å²) < 4.78 is 43.2. The van der Waals surface area contributed by atoms with Crippen LogP contribution in [0.4, 0.5) is 17.3 Å². The van der Waals surface area contributed by atoms with E-state index in [1.54, 1.807) is 0 Å². The number of carboxylic acids is 2. The predicted octanol–water partition coefficient (Wildman–Crippen LogP) is 1.34. The molecule has 0 radical (unpaired) electrons. The highest BCUT2D eigenvalue weighted by Gasteiger charge is 2.20. The molecule has 1 heterocycles. The second-order valence-corrected chi connectivity index (χ2v) is 3.41. The number of aromatic nitrogens is 2. The van der Waals surface area contributed by atoms with Gasteiger partial charge in [-0.05, 0) is 6.92 Å². The van der Waals surface area contributed by atoms with Crippen LogP contribution in [0.15, 0.2) is 30.9 Å². The molecule has 6 nitrogen and oxygen atoms in total. The van der Waals surface area contributed by atoms with Crippen LogP contribution in [0.2, 0.25) is 0 Å². The van der Waals surface area contributed by atoms with Gasteiger partial charge in [0.25, 0.3) is 0 Å². The summed E-state index contributed by atoms with van der Waals surface area (Å²) in [5.41, 5.74) is 0. The molecule has 0 bridgehead atoms. The highest BCUT2D eigenvalue weighted by molar-refractivity contribution is 6.50. The Morgan fingerprint density at radius 2 is 1.57 bits per heavy atom. The molecule has 0 spiro atoms. The summed E-state index contributed by atoms with van der Waals surface area (Å²) in [6, 6.07) is 0. The second kappa shape index (κ2) is 10.5. The number of rotatable bonds is 3. The Bertz CT molecular complexity index is 452. The molecule has 0 unspecified atom stereocenters. The molecule has 0 aliphatic rings. The van der Waals surface area contributed by atoms with Gasteiger partial charge in [0.1, 0.15) is 12.4 Å². The molecular weight excluding hydrogens is 299 g/mol. The van der Waals surface area contributed by atoms with E-state index in [4.69, 9.17) is 10.2 Å². The molecule has 0 atom stereocenters. The SMILES string of the molecule is CC[n+]1ccn(C)c1.F[B-](F)(F)F.O=C(O)/C=C\C(=O)O. The monoisotopic (exact) mass is 314 g/mol. The lowest BCUT2D eigenvalue weighted by Gasteiger charge is -1.94. The van der Waals surface area contributed by atoms with Crippen LogP contribution in [0, 0.1) is 0 Å². The fraction of sp³-hybridized carbons (Fsp3) is 0.300. The van der Waals surface area contributed by atoms with E-state index in [-0.39, 0.29) is 0 Å². The molecule has 1 rings (SSSR count). The van der Waals surface area contributed by atoms with Gasteiger partial charge in [0, 0.05) is 12.2 Å². The van der Waals surface area contributed by atoms with E-state index in [1.165, 1.54) is 0 Å². The predicted molar refractivity (Wildman–Crippen MR) is 65.9 cm³/mol. The van der Waals surface area contributed by atoms with E-state index in [2.05, 4.69) is 24.0 Å². The number of hydrogen-bond acceptors (Lipinski definition) is 2. The van der Waals surface area contributed by atoms with Crippen LogP contribution in [0.3, 0.4) is 0 Å². The van der Waals surface area contributed by atoms with E-state index < -0.39 is 19.2 Å². The maximum absolute atomic E-state index is 9.75. The standard InChI is InChI=1S/C6H11N2.C4H4O4.BF4/c1-3-8-5-4-7(2)6-8;5-3(6)1-2-4(7)8;2-1(3,4)5/h4-6H,3H2,1-2H3;1-2H,(H,5,6)(H,7,8);/q+1;;-1/b;2-1-;. The minimum absolute atomic E-state index is 0.558. The van der Waals surface area contributed by atoms with Crippen molar-refractivity contribution >= 4 is 19.2 Å². The van der Waals surface area contributed by atoms with Crippen LogP contribution in [-0.4, -0.2) is 34.0 Å².